The molecule has 0 unspecified atom stereocenters. The number of thioether (sulfide) groups is 1. The smallest absolute Gasteiger partial charge is 0.0724 e. The normalized spacial score (nSPS) is 22.2. The van der Waals surface area contributed by atoms with Gasteiger partial charge in [-0.05, 0) is 11.5 Å². The summed E-state index contributed by atoms with van der Waals surface area (Å²) in [5, 5.41) is 2.12. The third kappa shape index (κ3) is 0.793. The van der Waals surface area contributed by atoms with E-state index in [4.69, 9.17) is 0 Å². The van der Waals surface area contributed by atoms with Crippen LogP contribution < -0.4 is 0 Å². The maximum atomic E-state index is 3.14. The second-order valence-corrected chi connectivity index (χ2v) is 2.75. The molecule has 2 heteroatoms. The van der Waals surface area contributed by atoms with Crippen molar-refractivity contribution < 1.29 is 0 Å². The number of hydrogen-bond acceptors (Lipinski definition) is 2. The Morgan fingerprint density at radius 3 is 3.56 bits per heavy atom. The van der Waals surface area contributed by atoms with Gasteiger partial charge in [0.25, 0.3) is 0 Å². The molecule has 0 aromatic heterocycles. The van der Waals surface area contributed by atoms with Crippen LogP contribution in [-0.4, -0.2) is 10.8 Å². The van der Waals surface area contributed by atoms with Gasteiger partial charge in [-0.1, -0.05) is 6.08 Å². The van der Waals surface area contributed by atoms with Gasteiger partial charge in [0.05, 0.1) is 11.6 Å². The van der Waals surface area contributed by atoms with Crippen LogP contribution in [0.2, 0.25) is 0 Å². The van der Waals surface area contributed by atoms with Crippen LogP contribution in [0.15, 0.2) is 29.5 Å². The molecule has 0 aromatic carbocycles. The Morgan fingerprint density at radius 2 is 2.67 bits per heavy atom. The standard InChI is InChI=1S/C7H6NS/c1-2-4-8-6-9-5-7(8)3-1/h1-2,4-5H,6H2. The van der Waals surface area contributed by atoms with E-state index >= 15 is 0 Å². The van der Waals surface area contributed by atoms with Crippen molar-refractivity contribution in [3.63, 3.8) is 0 Å². The second kappa shape index (κ2) is 1.95. The molecule has 1 radical (unpaired) electrons. The quantitative estimate of drug-likeness (QED) is 0.499. The third-order valence-electron chi connectivity index (χ3n) is 1.31. The lowest BCUT2D eigenvalue weighted by molar-refractivity contribution is 0.569. The first-order chi connectivity index (χ1) is 4.47. The Morgan fingerprint density at radius 1 is 1.67 bits per heavy atom. The summed E-state index contributed by atoms with van der Waals surface area (Å²) in [5.74, 6) is 1.05. The minimum absolute atomic E-state index is 1.05. The monoisotopic (exact) mass is 136 g/mol. The van der Waals surface area contributed by atoms with E-state index in [0.29, 0.717) is 0 Å². The topological polar surface area (TPSA) is 3.24 Å². The van der Waals surface area contributed by atoms with Crippen molar-refractivity contribution in [3.05, 3.63) is 35.5 Å². The minimum Gasteiger partial charge on any atom is -0.337 e. The molecule has 1 nitrogen and oxygen atoms in total. The highest BCUT2D eigenvalue weighted by molar-refractivity contribution is 8.02. The van der Waals surface area contributed by atoms with Crippen LogP contribution in [0.4, 0.5) is 0 Å². The van der Waals surface area contributed by atoms with Crippen molar-refractivity contribution in [1.29, 1.82) is 0 Å². The van der Waals surface area contributed by atoms with Gasteiger partial charge in [-0.3, -0.25) is 0 Å². The summed E-state index contributed by atoms with van der Waals surface area (Å²) in [6.07, 6.45) is 9.15. The Balaban J connectivity index is 2.33. The number of hydrogen-bond donors (Lipinski definition) is 0. The zero-order valence-corrected chi connectivity index (χ0v) is 5.69. The average Bonchev–Trinajstić information content (AvgIpc) is 2.33. The van der Waals surface area contributed by atoms with Gasteiger partial charge in [-0.25, -0.2) is 0 Å². The lowest BCUT2D eigenvalue weighted by Crippen LogP contribution is -2.11. The van der Waals surface area contributed by atoms with Gasteiger partial charge in [-0.15, -0.1) is 11.8 Å². The van der Waals surface area contributed by atoms with E-state index in [1.54, 1.807) is 0 Å². The summed E-state index contributed by atoms with van der Waals surface area (Å²) in [6, 6.07) is 0. The van der Waals surface area contributed by atoms with Gasteiger partial charge >= 0.3 is 0 Å². The Hall–Kier alpha value is -0.630. The molecule has 0 amide bonds. The molecule has 0 fully saturated rings. The van der Waals surface area contributed by atoms with Gasteiger partial charge < -0.3 is 4.90 Å². The number of allylic oxidation sites excluding steroid dienone is 3. The SMILES string of the molecule is [C]1=CC=CN2CSC=C12. The molecule has 0 atom stereocenters. The molecule has 0 N–H and O–H groups in total. The van der Waals surface area contributed by atoms with E-state index in [-0.39, 0.29) is 0 Å². The van der Waals surface area contributed by atoms with Crippen molar-refractivity contribution in [3.8, 4) is 0 Å². The van der Waals surface area contributed by atoms with Crippen LogP contribution in [0, 0.1) is 6.08 Å². The Kier molecular flexibility index (Phi) is 1.12. The van der Waals surface area contributed by atoms with Crippen LogP contribution in [0.5, 0.6) is 0 Å². The van der Waals surface area contributed by atoms with Gasteiger partial charge in [0.15, 0.2) is 0 Å². The molecule has 0 bridgehead atoms. The summed E-state index contributed by atoms with van der Waals surface area (Å²) in [5.41, 5.74) is 1.20. The minimum atomic E-state index is 1.05. The Labute approximate surface area is 58.7 Å². The van der Waals surface area contributed by atoms with Crippen LogP contribution >= 0.6 is 11.8 Å². The van der Waals surface area contributed by atoms with Crippen molar-refractivity contribution >= 4 is 11.8 Å². The summed E-state index contributed by atoms with van der Waals surface area (Å²) < 4.78 is 0. The molecule has 0 saturated carbocycles. The lowest BCUT2D eigenvalue weighted by atomic mass is 10.3. The molecule has 0 saturated heterocycles. The third-order valence-corrected chi connectivity index (χ3v) is 2.13. The van der Waals surface area contributed by atoms with Crippen LogP contribution in [0.1, 0.15) is 0 Å². The van der Waals surface area contributed by atoms with E-state index in [1.807, 2.05) is 23.9 Å². The fraction of sp³-hybridized carbons (Fsp3) is 0.143. The molecular weight excluding hydrogens is 130 g/mol. The van der Waals surface area contributed by atoms with Crippen LogP contribution in [0.25, 0.3) is 0 Å². The molecule has 45 valence electrons. The average molecular weight is 136 g/mol. The van der Waals surface area contributed by atoms with E-state index in [1.165, 1.54) is 5.70 Å². The lowest BCUT2D eigenvalue weighted by Gasteiger charge is -2.14. The maximum Gasteiger partial charge on any atom is 0.0724 e. The van der Waals surface area contributed by atoms with E-state index in [2.05, 4.69) is 22.6 Å². The summed E-state index contributed by atoms with van der Waals surface area (Å²) in [4.78, 5) is 2.17. The summed E-state index contributed by atoms with van der Waals surface area (Å²) in [6.45, 7) is 0. The van der Waals surface area contributed by atoms with E-state index < -0.39 is 0 Å². The zero-order chi connectivity index (χ0) is 6.10. The largest absolute Gasteiger partial charge is 0.337 e. The number of fused-ring (bicyclic) bond motifs is 1. The van der Waals surface area contributed by atoms with Crippen molar-refractivity contribution in [2.24, 2.45) is 0 Å². The molecule has 2 rings (SSSR count). The van der Waals surface area contributed by atoms with Crippen molar-refractivity contribution in [1.82, 2.24) is 4.90 Å². The first-order valence-corrected chi connectivity index (χ1v) is 3.87. The molecule has 0 aliphatic carbocycles. The second-order valence-electron chi connectivity index (χ2n) is 1.92. The predicted octanol–water partition coefficient (Wildman–Crippen LogP) is 1.72. The summed E-state index contributed by atoms with van der Waals surface area (Å²) in [7, 11) is 0. The predicted molar refractivity (Wildman–Crippen MR) is 39.3 cm³/mol. The molecule has 2 aliphatic heterocycles. The van der Waals surface area contributed by atoms with Crippen molar-refractivity contribution in [2.45, 2.75) is 0 Å². The molecule has 0 spiro atoms. The zero-order valence-electron chi connectivity index (χ0n) is 4.87. The maximum absolute atomic E-state index is 3.14. The van der Waals surface area contributed by atoms with Gasteiger partial charge in [0, 0.05) is 12.3 Å². The number of rotatable bonds is 0. The van der Waals surface area contributed by atoms with Crippen LogP contribution in [-0.2, 0) is 0 Å². The fourth-order valence-electron chi connectivity index (χ4n) is 0.854. The van der Waals surface area contributed by atoms with Gasteiger partial charge in [0.2, 0.25) is 0 Å². The molecule has 2 heterocycles. The molecule has 2 aliphatic rings. The summed E-state index contributed by atoms with van der Waals surface area (Å²) >= 11 is 1.81. The van der Waals surface area contributed by atoms with Crippen LogP contribution in [0.3, 0.4) is 0 Å². The van der Waals surface area contributed by atoms with E-state index in [0.717, 1.165) is 5.88 Å². The fourth-order valence-corrected chi connectivity index (χ4v) is 1.68. The first-order valence-electron chi connectivity index (χ1n) is 2.82. The number of nitrogens with zero attached hydrogens (tertiary/aromatic N) is 1. The van der Waals surface area contributed by atoms with E-state index in [9.17, 15) is 0 Å². The first kappa shape index (κ1) is 5.18. The highest BCUT2D eigenvalue weighted by Crippen LogP contribution is 2.25. The highest BCUT2D eigenvalue weighted by Gasteiger charge is 2.11. The molecule has 0 aromatic rings. The highest BCUT2D eigenvalue weighted by atomic mass is 32.2. The van der Waals surface area contributed by atoms with Gasteiger partial charge in [-0.2, -0.15) is 0 Å². The van der Waals surface area contributed by atoms with Crippen molar-refractivity contribution in [2.75, 3.05) is 5.88 Å². The molecule has 9 heavy (non-hydrogen) atoms. The molecular formula is C7H6NS. The Bertz CT molecular complexity index is 200. The van der Waals surface area contributed by atoms with Gasteiger partial charge in [0.1, 0.15) is 0 Å².